The van der Waals surface area contributed by atoms with Gasteiger partial charge in [0.1, 0.15) is 0 Å². The van der Waals surface area contributed by atoms with Crippen LogP contribution in [0.15, 0.2) is 4.52 Å². The highest BCUT2D eigenvalue weighted by atomic mass is 79.9. The van der Waals surface area contributed by atoms with Crippen molar-refractivity contribution in [2.24, 2.45) is 11.8 Å². The molecule has 0 aliphatic heterocycles. The molecule has 88 valence electrons. The first kappa shape index (κ1) is 10.8. The Kier molecular flexibility index (Phi) is 2.78. The number of halogens is 1. The summed E-state index contributed by atoms with van der Waals surface area (Å²) in [6.07, 6.45) is 6.44. The van der Waals surface area contributed by atoms with Crippen LogP contribution >= 0.6 is 15.9 Å². The van der Waals surface area contributed by atoms with E-state index in [9.17, 15) is 0 Å². The van der Waals surface area contributed by atoms with Crippen LogP contribution in [0.2, 0.25) is 0 Å². The Morgan fingerprint density at radius 3 is 2.94 bits per heavy atom. The lowest BCUT2D eigenvalue weighted by atomic mass is 9.88. The third-order valence-corrected chi connectivity index (χ3v) is 5.19. The SMILES string of the molecule is CCC(Br)c1nc(C2CC3CCC2C3)no1. The van der Waals surface area contributed by atoms with Crippen molar-refractivity contribution in [3.8, 4) is 0 Å². The zero-order valence-electron chi connectivity index (χ0n) is 9.53. The van der Waals surface area contributed by atoms with Gasteiger partial charge in [-0.05, 0) is 37.5 Å². The van der Waals surface area contributed by atoms with Gasteiger partial charge in [-0.25, -0.2) is 0 Å². The molecule has 0 spiro atoms. The molecule has 2 fully saturated rings. The van der Waals surface area contributed by atoms with E-state index in [1.54, 1.807) is 0 Å². The molecule has 2 bridgehead atoms. The van der Waals surface area contributed by atoms with Crippen molar-refractivity contribution in [2.75, 3.05) is 0 Å². The van der Waals surface area contributed by atoms with Crippen LogP contribution in [0.4, 0.5) is 0 Å². The lowest BCUT2D eigenvalue weighted by Gasteiger charge is -2.17. The largest absolute Gasteiger partial charge is 0.338 e. The van der Waals surface area contributed by atoms with E-state index in [1.807, 2.05) is 0 Å². The van der Waals surface area contributed by atoms with Crippen LogP contribution in [0.5, 0.6) is 0 Å². The molecule has 1 heterocycles. The molecule has 1 aromatic rings. The molecule has 3 rings (SSSR count). The number of hydrogen-bond donors (Lipinski definition) is 0. The predicted molar refractivity (Wildman–Crippen MR) is 64.4 cm³/mol. The summed E-state index contributed by atoms with van der Waals surface area (Å²) in [7, 11) is 0. The Hall–Kier alpha value is -0.380. The van der Waals surface area contributed by atoms with Gasteiger partial charge in [0.25, 0.3) is 0 Å². The summed E-state index contributed by atoms with van der Waals surface area (Å²) in [4.78, 5) is 4.77. The second-order valence-electron chi connectivity index (χ2n) is 5.15. The highest BCUT2D eigenvalue weighted by Crippen LogP contribution is 2.52. The summed E-state index contributed by atoms with van der Waals surface area (Å²) in [6.45, 7) is 2.11. The van der Waals surface area contributed by atoms with Crippen LogP contribution < -0.4 is 0 Å². The number of alkyl halides is 1. The molecule has 0 N–H and O–H groups in total. The first-order chi connectivity index (χ1) is 7.78. The number of hydrogen-bond acceptors (Lipinski definition) is 3. The Labute approximate surface area is 104 Å². The summed E-state index contributed by atoms with van der Waals surface area (Å²) in [6, 6.07) is 0. The highest BCUT2D eigenvalue weighted by molar-refractivity contribution is 9.09. The van der Waals surface area contributed by atoms with E-state index in [2.05, 4.69) is 33.0 Å². The molecule has 4 atom stereocenters. The molecule has 4 unspecified atom stereocenters. The minimum absolute atomic E-state index is 0.215. The molecule has 3 nitrogen and oxygen atoms in total. The molecule has 1 aromatic heterocycles. The predicted octanol–water partition coefficient (Wildman–Crippen LogP) is 3.82. The van der Waals surface area contributed by atoms with Gasteiger partial charge in [0, 0.05) is 5.92 Å². The van der Waals surface area contributed by atoms with E-state index in [-0.39, 0.29) is 4.83 Å². The average molecular weight is 285 g/mol. The molecule has 16 heavy (non-hydrogen) atoms. The maximum Gasteiger partial charge on any atom is 0.240 e. The Balaban J connectivity index is 1.77. The first-order valence-corrected chi connectivity index (χ1v) is 7.17. The standard InChI is InChI=1S/C12H17BrN2O/c1-2-10(13)12-14-11(15-16-12)9-6-7-3-4-8(9)5-7/h7-10H,2-6H2,1H3. The molecule has 2 saturated carbocycles. The fraction of sp³-hybridized carbons (Fsp3) is 0.833. The normalized spacial score (nSPS) is 34.5. The van der Waals surface area contributed by atoms with E-state index in [0.29, 0.717) is 5.92 Å². The Bertz CT molecular complexity index is 379. The van der Waals surface area contributed by atoms with Crippen LogP contribution in [0.1, 0.15) is 61.5 Å². The second kappa shape index (κ2) is 4.13. The van der Waals surface area contributed by atoms with Gasteiger partial charge in [0.05, 0.1) is 4.83 Å². The lowest BCUT2D eigenvalue weighted by molar-refractivity contribution is 0.350. The van der Waals surface area contributed by atoms with E-state index in [0.717, 1.165) is 30.0 Å². The van der Waals surface area contributed by atoms with Gasteiger partial charge in [-0.3, -0.25) is 0 Å². The quantitative estimate of drug-likeness (QED) is 0.792. The van der Waals surface area contributed by atoms with Gasteiger partial charge < -0.3 is 4.52 Å². The third kappa shape index (κ3) is 1.71. The van der Waals surface area contributed by atoms with Gasteiger partial charge in [-0.2, -0.15) is 4.98 Å². The van der Waals surface area contributed by atoms with E-state index in [1.165, 1.54) is 25.7 Å². The van der Waals surface area contributed by atoms with Crippen molar-refractivity contribution in [1.82, 2.24) is 10.1 Å². The van der Waals surface area contributed by atoms with Gasteiger partial charge in [0.2, 0.25) is 5.89 Å². The van der Waals surface area contributed by atoms with Crippen LogP contribution in [0.3, 0.4) is 0 Å². The zero-order chi connectivity index (χ0) is 11.1. The van der Waals surface area contributed by atoms with Gasteiger partial charge in [-0.1, -0.05) is 34.4 Å². The summed E-state index contributed by atoms with van der Waals surface area (Å²) >= 11 is 3.55. The Morgan fingerprint density at radius 1 is 1.44 bits per heavy atom. The van der Waals surface area contributed by atoms with Crippen LogP contribution in [-0.2, 0) is 0 Å². The minimum atomic E-state index is 0.215. The van der Waals surface area contributed by atoms with Gasteiger partial charge in [-0.15, -0.1) is 0 Å². The average Bonchev–Trinajstić information content (AvgIpc) is 3.02. The molecule has 2 aliphatic rings. The second-order valence-corrected chi connectivity index (χ2v) is 6.25. The summed E-state index contributed by atoms with van der Waals surface area (Å²) in [5, 5.41) is 4.17. The summed E-state index contributed by atoms with van der Waals surface area (Å²) in [5.74, 6) is 4.04. The molecule has 0 aromatic carbocycles. The zero-order valence-corrected chi connectivity index (χ0v) is 11.1. The number of nitrogens with zero attached hydrogens (tertiary/aromatic N) is 2. The smallest absolute Gasteiger partial charge is 0.240 e. The van der Waals surface area contributed by atoms with Crippen molar-refractivity contribution in [3.05, 3.63) is 11.7 Å². The van der Waals surface area contributed by atoms with Crippen LogP contribution in [0, 0.1) is 11.8 Å². The van der Waals surface area contributed by atoms with Crippen molar-refractivity contribution in [2.45, 2.75) is 49.8 Å². The summed E-state index contributed by atoms with van der Waals surface area (Å²) < 4.78 is 5.33. The monoisotopic (exact) mass is 284 g/mol. The third-order valence-electron chi connectivity index (χ3n) is 4.15. The van der Waals surface area contributed by atoms with Crippen LogP contribution in [0.25, 0.3) is 0 Å². The van der Waals surface area contributed by atoms with Crippen molar-refractivity contribution in [3.63, 3.8) is 0 Å². The molecular formula is C12H17BrN2O. The number of rotatable bonds is 3. The van der Waals surface area contributed by atoms with Crippen molar-refractivity contribution >= 4 is 15.9 Å². The number of aromatic nitrogens is 2. The van der Waals surface area contributed by atoms with Gasteiger partial charge in [0.15, 0.2) is 5.82 Å². The van der Waals surface area contributed by atoms with Crippen molar-refractivity contribution in [1.29, 1.82) is 0 Å². The van der Waals surface area contributed by atoms with Crippen LogP contribution in [-0.4, -0.2) is 10.1 Å². The van der Waals surface area contributed by atoms with E-state index < -0.39 is 0 Å². The maximum absolute atomic E-state index is 5.33. The molecular weight excluding hydrogens is 268 g/mol. The Morgan fingerprint density at radius 2 is 2.31 bits per heavy atom. The molecule has 2 aliphatic carbocycles. The molecule has 0 amide bonds. The van der Waals surface area contributed by atoms with Gasteiger partial charge >= 0.3 is 0 Å². The number of fused-ring (bicyclic) bond motifs is 2. The topological polar surface area (TPSA) is 38.9 Å². The van der Waals surface area contributed by atoms with E-state index >= 15 is 0 Å². The van der Waals surface area contributed by atoms with Crippen molar-refractivity contribution < 1.29 is 4.52 Å². The molecule has 0 saturated heterocycles. The first-order valence-electron chi connectivity index (χ1n) is 6.25. The minimum Gasteiger partial charge on any atom is -0.338 e. The maximum atomic E-state index is 5.33. The summed E-state index contributed by atoms with van der Waals surface area (Å²) in [5.41, 5.74) is 0. The fourth-order valence-electron chi connectivity index (χ4n) is 3.26. The fourth-order valence-corrected chi connectivity index (χ4v) is 3.45. The molecule has 0 radical (unpaired) electrons. The van der Waals surface area contributed by atoms with E-state index in [4.69, 9.17) is 4.52 Å². The highest BCUT2D eigenvalue weighted by Gasteiger charge is 2.42. The molecule has 4 heteroatoms. The lowest BCUT2D eigenvalue weighted by Crippen LogP contribution is -2.10.